The van der Waals surface area contributed by atoms with Crippen LogP contribution in [0.3, 0.4) is 0 Å². The molecule has 2 unspecified atom stereocenters. The van der Waals surface area contributed by atoms with Gasteiger partial charge in [-0.25, -0.2) is 0 Å². The molecule has 2 atom stereocenters. The number of hydrogen-bond donors (Lipinski definition) is 1. The van der Waals surface area contributed by atoms with Gasteiger partial charge in [0.15, 0.2) is 0 Å². The predicted octanol–water partition coefficient (Wildman–Crippen LogP) is 5.50. The highest BCUT2D eigenvalue weighted by atomic mass is 32.1. The van der Waals surface area contributed by atoms with Crippen molar-refractivity contribution in [3.8, 4) is 0 Å². The Balaban J connectivity index is 1.88. The topological polar surface area (TPSA) is 20.2 Å². The Morgan fingerprint density at radius 1 is 1.00 bits per heavy atom. The van der Waals surface area contributed by atoms with Crippen molar-refractivity contribution in [2.24, 2.45) is 0 Å². The molecule has 1 heterocycles. The van der Waals surface area contributed by atoms with E-state index in [0.717, 1.165) is 16.9 Å². The summed E-state index contributed by atoms with van der Waals surface area (Å²) >= 11 is 1.67. The van der Waals surface area contributed by atoms with E-state index >= 15 is 0 Å². The molecule has 0 aliphatic carbocycles. The van der Waals surface area contributed by atoms with Crippen molar-refractivity contribution < 1.29 is 5.11 Å². The number of benzene rings is 2. The van der Waals surface area contributed by atoms with E-state index in [1.54, 1.807) is 11.3 Å². The quantitative estimate of drug-likeness (QED) is 0.674. The van der Waals surface area contributed by atoms with Crippen LogP contribution in [0.25, 0.3) is 10.1 Å². The fourth-order valence-corrected chi connectivity index (χ4v) is 3.62. The third-order valence-corrected chi connectivity index (χ3v) is 5.32. The van der Waals surface area contributed by atoms with Crippen LogP contribution in [0.5, 0.6) is 0 Å². The second-order valence-electron chi connectivity index (χ2n) is 5.57. The normalized spacial score (nSPS) is 14.2. The standard InChI is InChI=1S/C19H20OS/c1-3-13(2)14-8-10-15(11-9-14)19(20)18-12-16-6-4-5-7-17(16)21-18/h4-13,19-20H,3H2,1-2H3. The third kappa shape index (κ3) is 2.87. The van der Waals surface area contributed by atoms with Crippen LogP contribution in [0.1, 0.15) is 48.3 Å². The molecule has 0 saturated carbocycles. The van der Waals surface area contributed by atoms with Gasteiger partial charge in [0.25, 0.3) is 0 Å². The summed E-state index contributed by atoms with van der Waals surface area (Å²) in [6, 6.07) is 18.7. The summed E-state index contributed by atoms with van der Waals surface area (Å²) in [5, 5.41) is 11.8. The van der Waals surface area contributed by atoms with Gasteiger partial charge in [0, 0.05) is 9.58 Å². The number of thiophene rings is 1. The zero-order chi connectivity index (χ0) is 14.8. The maximum atomic E-state index is 10.6. The van der Waals surface area contributed by atoms with Crippen molar-refractivity contribution in [1.82, 2.24) is 0 Å². The monoisotopic (exact) mass is 296 g/mol. The summed E-state index contributed by atoms with van der Waals surface area (Å²) in [6.45, 7) is 4.43. The van der Waals surface area contributed by atoms with Gasteiger partial charge in [0.2, 0.25) is 0 Å². The first-order valence-electron chi connectivity index (χ1n) is 7.45. The summed E-state index contributed by atoms with van der Waals surface area (Å²) < 4.78 is 1.22. The average molecular weight is 296 g/mol. The molecule has 0 saturated heterocycles. The maximum absolute atomic E-state index is 10.6. The average Bonchev–Trinajstić information content (AvgIpc) is 2.97. The minimum absolute atomic E-state index is 0.534. The van der Waals surface area contributed by atoms with Gasteiger partial charge in [-0.3, -0.25) is 0 Å². The van der Waals surface area contributed by atoms with E-state index in [1.165, 1.54) is 15.6 Å². The van der Waals surface area contributed by atoms with Crippen LogP contribution in [-0.2, 0) is 0 Å². The Labute approximate surface area is 129 Å². The van der Waals surface area contributed by atoms with Crippen LogP contribution in [0.2, 0.25) is 0 Å². The lowest BCUT2D eigenvalue weighted by molar-refractivity contribution is 0.224. The van der Waals surface area contributed by atoms with Crippen LogP contribution in [0.4, 0.5) is 0 Å². The van der Waals surface area contributed by atoms with Crippen LogP contribution in [0, 0.1) is 0 Å². The summed E-state index contributed by atoms with van der Waals surface area (Å²) in [7, 11) is 0. The van der Waals surface area contributed by atoms with Crippen LogP contribution >= 0.6 is 11.3 Å². The Bertz CT molecular complexity index is 694. The summed E-state index contributed by atoms with van der Waals surface area (Å²) in [4.78, 5) is 1.01. The second-order valence-corrected chi connectivity index (χ2v) is 6.68. The van der Waals surface area contributed by atoms with E-state index in [2.05, 4.69) is 56.3 Å². The molecule has 21 heavy (non-hydrogen) atoms. The SMILES string of the molecule is CCC(C)c1ccc(C(O)c2cc3ccccc3s2)cc1. The molecule has 0 spiro atoms. The zero-order valence-corrected chi connectivity index (χ0v) is 13.2. The predicted molar refractivity (Wildman–Crippen MR) is 91.0 cm³/mol. The lowest BCUT2D eigenvalue weighted by Crippen LogP contribution is -1.98. The Hall–Kier alpha value is -1.64. The van der Waals surface area contributed by atoms with Gasteiger partial charge in [-0.15, -0.1) is 11.3 Å². The van der Waals surface area contributed by atoms with Gasteiger partial charge in [0.05, 0.1) is 0 Å². The summed E-state index contributed by atoms with van der Waals surface area (Å²) in [5.41, 5.74) is 2.30. The molecule has 3 aromatic rings. The number of fused-ring (bicyclic) bond motifs is 1. The van der Waals surface area contributed by atoms with Gasteiger partial charge >= 0.3 is 0 Å². The van der Waals surface area contributed by atoms with E-state index in [9.17, 15) is 5.11 Å². The van der Waals surface area contributed by atoms with Crippen LogP contribution in [-0.4, -0.2) is 5.11 Å². The molecule has 0 fully saturated rings. The van der Waals surface area contributed by atoms with Gasteiger partial charge in [-0.2, -0.15) is 0 Å². The molecule has 2 aromatic carbocycles. The fourth-order valence-electron chi connectivity index (χ4n) is 2.54. The fraction of sp³-hybridized carbons (Fsp3) is 0.263. The van der Waals surface area contributed by atoms with Gasteiger partial charge in [-0.1, -0.05) is 56.3 Å². The highest BCUT2D eigenvalue weighted by Gasteiger charge is 2.14. The summed E-state index contributed by atoms with van der Waals surface area (Å²) in [6.07, 6.45) is 0.603. The third-order valence-electron chi connectivity index (χ3n) is 4.15. The maximum Gasteiger partial charge on any atom is 0.113 e. The van der Waals surface area contributed by atoms with E-state index < -0.39 is 6.10 Å². The zero-order valence-electron chi connectivity index (χ0n) is 12.4. The number of aliphatic hydroxyl groups is 1. The highest BCUT2D eigenvalue weighted by molar-refractivity contribution is 7.19. The molecular formula is C19H20OS. The molecule has 0 aliphatic rings. The van der Waals surface area contributed by atoms with Crippen molar-refractivity contribution in [2.45, 2.75) is 32.3 Å². The summed E-state index contributed by atoms with van der Waals surface area (Å²) in [5.74, 6) is 0.570. The first kappa shape index (κ1) is 14.3. The molecular weight excluding hydrogens is 276 g/mol. The van der Waals surface area contributed by atoms with Gasteiger partial charge < -0.3 is 5.11 Å². The van der Waals surface area contributed by atoms with Gasteiger partial charge in [0.1, 0.15) is 6.10 Å². The molecule has 0 aliphatic heterocycles. The molecule has 1 aromatic heterocycles. The molecule has 1 nitrogen and oxygen atoms in total. The number of rotatable bonds is 4. The largest absolute Gasteiger partial charge is 0.383 e. The number of hydrogen-bond acceptors (Lipinski definition) is 2. The van der Waals surface area contributed by atoms with Crippen LogP contribution in [0.15, 0.2) is 54.6 Å². The van der Waals surface area contributed by atoms with Crippen molar-refractivity contribution in [3.63, 3.8) is 0 Å². The molecule has 3 rings (SSSR count). The lowest BCUT2D eigenvalue weighted by atomic mass is 9.96. The van der Waals surface area contributed by atoms with Crippen molar-refractivity contribution >= 4 is 21.4 Å². The lowest BCUT2D eigenvalue weighted by Gasteiger charge is -2.12. The van der Waals surface area contributed by atoms with Crippen molar-refractivity contribution in [1.29, 1.82) is 0 Å². The molecule has 0 amide bonds. The van der Waals surface area contributed by atoms with E-state index in [0.29, 0.717) is 5.92 Å². The first-order chi connectivity index (χ1) is 10.2. The smallest absolute Gasteiger partial charge is 0.113 e. The van der Waals surface area contributed by atoms with E-state index in [-0.39, 0.29) is 0 Å². The first-order valence-corrected chi connectivity index (χ1v) is 8.27. The minimum atomic E-state index is -0.534. The molecule has 108 valence electrons. The van der Waals surface area contributed by atoms with E-state index in [4.69, 9.17) is 0 Å². The number of aliphatic hydroxyl groups excluding tert-OH is 1. The van der Waals surface area contributed by atoms with E-state index in [1.807, 2.05) is 12.1 Å². The van der Waals surface area contributed by atoms with Crippen LogP contribution < -0.4 is 0 Å². The Kier molecular flexibility index (Phi) is 4.09. The van der Waals surface area contributed by atoms with Crippen molar-refractivity contribution in [3.05, 3.63) is 70.6 Å². The Morgan fingerprint density at radius 3 is 2.33 bits per heavy atom. The second kappa shape index (κ2) is 6.00. The molecule has 0 bridgehead atoms. The highest BCUT2D eigenvalue weighted by Crippen LogP contribution is 2.33. The molecule has 2 heteroatoms. The minimum Gasteiger partial charge on any atom is -0.383 e. The molecule has 0 radical (unpaired) electrons. The van der Waals surface area contributed by atoms with Gasteiger partial charge in [-0.05, 0) is 41.0 Å². The Morgan fingerprint density at radius 2 is 1.67 bits per heavy atom. The molecule has 1 N–H and O–H groups in total. The van der Waals surface area contributed by atoms with Crippen molar-refractivity contribution in [2.75, 3.05) is 0 Å².